The predicted molar refractivity (Wildman–Crippen MR) is 76.1 cm³/mol. The molecule has 0 unspecified atom stereocenters. The van der Waals surface area contributed by atoms with E-state index in [0.29, 0.717) is 0 Å². The van der Waals surface area contributed by atoms with Crippen LogP contribution in [0.5, 0.6) is 0 Å². The second-order valence-corrected chi connectivity index (χ2v) is 5.21. The van der Waals surface area contributed by atoms with Crippen LogP contribution < -0.4 is 5.32 Å². The molecule has 1 fully saturated rings. The smallest absolute Gasteiger partial charge is 0.407 e. The minimum Gasteiger partial charge on any atom is -0.444 e. The van der Waals surface area contributed by atoms with Crippen LogP contribution in [0, 0.1) is 0 Å². The van der Waals surface area contributed by atoms with Crippen LogP contribution in [0.15, 0.2) is 30.3 Å². The van der Waals surface area contributed by atoms with Gasteiger partial charge in [0.15, 0.2) is 0 Å². The summed E-state index contributed by atoms with van der Waals surface area (Å²) in [5.41, 5.74) is 1.30. The third-order valence-electron chi connectivity index (χ3n) is 3.69. The summed E-state index contributed by atoms with van der Waals surface area (Å²) in [4.78, 5) is 11.4. The maximum atomic E-state index is 11.4. The summed E-state index contributed by atoms with van der Waals surface area (Å²) in [6.07, 6.45) is 6.26. The first-order valence-corrected chi connectivity index (χ1v) is 7.30. The highest BCUT2D eigenvalue weighted by atomic mass is 16.6. The Morgan fingerprint density at radius 3 is 2.68 bits per heavy atom. The molecule has 1 aromatic rings. The maximum absolute atomic E-state index is 11.4. The summed E-state index contributed by atoms with van der Waals surface area (Å²) in [6, 6.07) is 10.6. The number of cyclic esters (lactones) is 1. The van der Waals surface area contributed by atoms with E-state index in [9.17, 15) is 4.79 Å². The molecule has 0 spiro atoms. The van der Waals surface area contributed by atoms with Crippen molar-refractivity contribution in [2.24, 2.45) is 0 Å². The molecule has 1 heterocycles. The van der Waals surface area contributed by atoms with Gasteiger partial charge in [-0.3, -0.25) is 0 Å². The number of carbonyl (C=O) groups excluding carboxylic acids is 1. The van der Waals surface area contributed by atoms with Crippen LogP contribution in [-0.2, 0) is 11.2 Å². The predicted octanol–water partition coefficient (Wildman–Crippen LogP) is 3.68. The lowest BCUT2D eigenvalue weighted by molar-refractivity contribution is 0.124. The number of hydrogen-bond donors (Lipinski definition) is 1. The Labute approximate surface area is 115 Å². The highest BCUT2D eigenvalue weighted by molar-refractivity contribution is 5.70. The number of ether oxygens (including phenoxy) is 1. The van der Waals surface area contributed by atoms with Gasteiger partial charge in [-0.1, -0.05) is 56.5 Å². The highest BCUT2D eigenvalue weighted by Crippen LogP contribution is 2.20. The van der Waals surface area contributed by atoms with Crippen LogP contribution >= 0.6 is 0 Å². The average molecular weight is 261 g/mol. The molecule has 1 aliphatic heterocycles. The number of benzene rings is 1. The first-order chi connectivity index (χ1) is 9.29. The van der Waals surface area contributed by atoms with E-state index in [4.69, 9.17) is 4.74 Å². The van der Waals surface area contributed by atoms with Gasteiger partial charge in [-0.2, -0.15) is 0 Å². The van der Waals surface area contributed by atoms with Crippen LogP contribution in [0.2, 0.25) is 0 Å². The van der Waals surface area contributed by atoms with E-state index < -0.39 is 0 Å². The van der Waals surface area contributed by atoms with E-state index in [1.807, 2.05) is 18.2 Å². The lowest BCUT2D eigenvalue weighted by Crippen LogP contribution is -2.31. The molecular formula is C16H23NO2. The fraction of sp³-hybridized carbons (Fsp3) is 0.562. The molecule has 0 saturated carbocycles. The molecule has 3 nitrogen and oxygen atoms in total. The summed E-state index contributed by atoms with van der Waals surface area (Å²) >= 11 is 0. The zero-order chi connectivity index (χ0) is 13.5. The summed E-state index contributed by atoms with van der Waals surface area (Å²) < 4.78 is 5.38. The maximum Gasteiger partial charge on any atom is 0.407 e. The van der Waals surface area contributed by atoms with Crippen LogP contribution in [-0.4, -0.2) is 18.2 Å². The Bertz CT molecular complexity index is 391. The van der Waals surface area contributed by atoms with Gasteiger partial charge in [-0.25, -0.2) is 4.79 Å². The van der Waals surface area contributed by atoms with Crippen molar-refractivity contribution in [1.82, 2.24) is 5.32 Å². The van der Waals surface area contributed by atoms with Gasteiger partial charge < -0.3 is 10.1 Å². The van der Waals surface area contributed by atoms with E-state index in [1.54, 1.807) is 0 Å². The zero-order valence-corrected chi connectivity index (χ0v) is 11.6. The number of hydrogen-bond acceptors (Lipinski definition) is 2. The molecule has 19 heavy (non-hydrogen) atoms. The molecule has 104 valence electrons. The third-order valence-corrected chi connectivity index (χ3v) is 3.69. The minimum atomic E-state index is -0.250. The molecule has 1 aromatic carbocycles. The van der Waals surface area contributed by atoms with Gasteiger partial charge in [-0.15, -0.1) is 0 Å². The molecule has 0 aliphatic carbocycles. The number of amides is 1. The van der Waals surface area contributed by atoms with E-state index in [0.717, 1.165) is 25.7 Å². The molecule has 3 heteroatoms. The van der Waals surface area contributed by atoms with Gasteiger partial charge in [0.1, 0.15) is 6.10 Å². The molecule has 2 rings (SSSR count). The van der Waals surface area contributed by atoms with Crippen LogP contribution in [0.4, 0.5) is 4.79 Å². The minimum absolute atomic E-state index is 0.0320. The molecule has 1 amide bonds. The Morgan fingerprint density at radius 1 is 1.16 bits per heavy atom. The lowest BCUT2D eigenvalue weighted by atomic mass is 9.98. The van der Waals surface area contributed by atoms with E-state index >= 15 is 0 Å². The zero-order valence-electron chi connectivity index (χ0n) is 11.6. The van der Waals surface area contributed by atoms with Gasteiger partial charge >= 0.3 is 6.09 Å². The highest BCUT2D eigenvalue weighted by Gasteiger charge is 2.32. The second-order valence-electron chi connectivity index (χ2n) is 5.21. The third kappa shape index (κ3) is 4.27. The Hall–Kier alpha value is -1.51. The number of rotatable bonds is 7. The topological polar surface area (TPSA) is 38.3 Å². The van der Waals surface area contributed by atoms with E-state index in [1.165, 1.54) is 18.4 Å². The van der Waals surface area contributed by atoms with Crippen molar-refractivity contribution in [2.45, 2.75) is 57.6 Å². The first kappa shape index (κ1) is 13.9. The number of nitrogens with one attached hydrogen (secondary N) is 1. The summed E-state index contributed by atoms with van der Waals surface area (Å²) in [5, 5.41) is 2.94. The number of aryl methyl sites for hydroxylation is 1. The fourth-order valence-corrected chi connectivity index (χ4v) is 2.58. The monoisotopic (exact) mass is 261 g/mol. The summed E-state index contributed by atoms with van der Waals surface area (Å²) in [7, 11) is 0. The van der Waals surface area contributed by atoms with Gasteiger partial charge in [0, 0.05) is 0 Å². The van der Waals surface area contributed by atoms with Crippen molar-refractivity contribution >= 4 is 6.09 Å². The molecule has 1 N–H and O–H groups in total. The van der Waals surface area contributed by atoms with Crippen molar-refractivity contribution in [3.05, 3.63) is 35.9 Å². The van der Waals surface area contributed by atoms with Gasteiger partial charge in [0.05, 0.1) is 6.04 Å². The molecule has 1 aliphatic rings. The fourth-order valence-electron chi connectivity index (χ4n) is 2.58. The SMILES string of the molecule is CCCCC[C@@H]1NC(=O)O[C@H]1CCc1ccccc1. The van der Waals surface area contributed by atoms with E-state index in [2.05, 4.69) is 24.4 Å². The van der Waals surface area contributed by atoms with Gasteiger partial charge in [-0.05, 0) is 24.8 Å². The van der Waals surface area contributed by atoms with E-state index in [-0.39, 0.29) is 18.2 Å². The second kappa shape index (κ2) is 7.17. The Kier molecular flexibility index (Phi) is 5.25. The Morgan fingerprint density at radius 2 is 1.95 bits per heavy atom. The van der Waals surface area contributed by atoms with Gasteiger partial charge in [0.2, 0.25) is 0 Å². The number of unbranched alkanes of at least 4 members (excludes halogenated alkanes) is 2. The molecule has 0 aromatic heterocycles. The number of carbonyl (C=O) groups is 1. The normalized spacial score (nSPS) is 22.1. The van der Waals surface area contributed by atoms with Crippen molar-refractivity contribution in [1.29, 1.82) is 0 Å². The summed E-state index contributed by atoms with van der Waals surface area (Å²) in [5.74, 6) is 0. The molecule has 0 radical (unpaired) electrons. The van der Waals surface area contributed by atoms with Crippen LogP contribution in [0.1, 0.15) is 44.6 Å². The van der Waals surface area contributed by atoms with Crippen LogP contribution in [0.3, 0.4) is 0 Å². The summed E-state index contributed by atoms with van der Waals surface area (Å²) in [6.45, 7) is 2.19. The Balaban J connectivity index is 1.81. The van der Waals surface area contributed by atoms with Gasteiger partial charge in [0.25, 0.3) is 0 Å². The number of alkyl carbamates (subject to hydrolysis) is 1. The average Bonchev–Trinajstić information content (AvgIpc) is 2.78. The van der Waals surface area contributed by atoms with Crippen molar-refractivity contribution in [3.63, 3.8) is 0 Å². The standard InChI is InChI=1S/C16H23NO2/c1-2-3-5-10-14-15(19-16(18)17-14)12-11-13-8-6-4-7-9-13/h4,6-9,14-15H,2-3,5,10-12H2,1H3,(H,17,18)/t14-,15-/m0/s1. The molecule has 2 atom stereocenters. The van der Waals surface area contributed by atoms with Crippen molar-refractivity contribution in [3.8, 4) is 0 Å². The lowest BCUT2D eigenvalue weighted by Gasteiger charge is -2.16. The quantitative estimate of drug-likeness (QED) is 0.760. The van der Waals surface area contributed by atoms with Crippen LogP contribution in [0.25, 0.3) is 0 Å². The van der Waals surface area contributed by atoms with Crippen molar-refractivity contribution in [2.75, 3.05) is 0 Å². The first-order valence-electron chi connectivity index (χ1n) is 7.30. The van der Waals surface area contributed by atoms with Crippen molar-refractivity contribution < 1.29 is 9.53 Å². The largest absolute Gasteiger partial charge is 0.444 e. The molecule has 1 saturated heterocycles. The molecular weight excluding hydrogens is 238 g/mol. The molecule has 0 bridgehead atoms.